The molecule has 0 saturated heterocycles. The van der Waals surface area contributed by atoms with Crippen LogP contribution in [-0.2, 0) is 12.8 Å². The summed E-state index contributed by atoms with van der Waals surface area (Å²) in [5.74, 6) is 0. The van der Waals surface area contributed by atoms with E-state index in [1.54, 1.807) is 0 Å². The molecule has 1 heterocycles. The molecule has 0 aromatic heterocycles. The van der Waals surface area contributed by atoms with Crippen LogP contribution in [0.1, 0.15) is 38.3 Å². The zero-order valence-electron chi connectivity index (χ0n) is 13.7. The monoisotopic (exact) mass is 290 g/mol. The number of fused-ring (bicyclic) bond motifs is 1. The van der Waals surface area contributed by atoms with Crippen LogP contribution in [0.2, 0.25) is 0 Å². The Balaban J connectivity index is 1.87. The number of aliphatic hydroxyl groups excluding tert-OH is 1. The van der Waals surface area contributed by atoms with Crippen molar-refractivity contribution in [3.8, 4) is 0 Å². The molecule has 1 unspecified atom stereocenters. The minimum Gasteiger partial charge on any atom is -0.394 e. The first-order valence-corrected chi connectivity index (χ1v) is 8.20. The van der Waals surface area contributed by atoms with Gasteiger partial charge in [0.15, 0.2) is 0 Å². The highest BCUT2D eigenvalue weighted by atomic mass is 16.3. The Bertz CT molecular complexity index is 420. The van der Waals surface area contributed by atoms with E-state index in [1.165, 1.54) is 11.1 Å². The Morgan fingerprint density at radius 2 is 1.76 bits per heavy atom. The fraction of sp³-hybridized carbons (Fsp3) is 0.667. The van der Waals surface area contributed by atoms with E-state index in [-0.39, 0.29) is 12.1 Å². The summed E-state index contributed by atoms with van der Waals surface area (Å²) >= 11 is 0. The standard InChI is InChI=1S/C18H30N2O/c1-15(2)19-18(3,14-21)10-13-20-11-8-16-6-4-5-7-17(16)9-12-20/h4-7,15,19,21H,8-14H2,1-3H3. The highest BCUT2D eigenvalue weighted by Crippen LogP contribution is 2.17. The largest absolute Gasteiger partial charge is 0.394 e. The molecular weight excluding hydrogens is 260 g/mol. The molecule has 118 valence electrons. The van der Waals surface area contributed by atoms with E-state index in [2.05, 4.69) is 55.3 Å². The van der Waals surface area contributed by atoms with Crippen LogP contribution < -0.4 is 5.32 Å². The Hall–Kier alpha value is -0.900. The number of aliphatic hydroxyl groups is 1. The second-order valence-corrected chi connectivity index (χ2v) is 6.88. The van der Waals surface area contributed by atoms with Crippen molar-refractivity contribution in [1.29, 1.82) is 0 Å². The number of hydrogen-bond donors (Lipinski definition) is 2. The molecule has 0 radical (unpaired) electrons. The van der Waals surface area contributed by atoms with E-state index in [9.17, 15) is 5.11 Å². The second kappa shape index (κ2) is 7.39. The molecule has 0 saturated carbocycles. The highest BCUT2D eigenvalue weighted by molar-refractivity contribution is 5.28. The van der Waals surface area contributed by atoms with Gasteiger partial charge < -0.3 is 15.3 Å². The van der Waals surface area contributed by atoms with E-state index < -0.39 is 0 Å². The fourth-order valence-electron chi connectivity index (χ4n) is 3.24. The van der Waals surface area contributed by atoms with Crippen LogP contribution in [-0.4, -0.2) is 47.8 Å². The summed E-state index contributed by atoms with van der Waals surface area (Å²) in [4.78, 5) is 2.54. The molecule has 0 bridgehead atoms. The Morgan fingerprint density at radius 3 is 2.24 bits per heavy atom. The van der Waals surface area contributed by atoms with Gasteiger partial charge in [-0.2, -0.15) is 0 Å². The summed E-state index contributed by atoms with van der Waals surface area (Å²) in [6.45, 7) is 9.89. The lowest BCUT2D eigenvalue weighted by molar-refractivity contribution is 0.138. The van der Waals surface area contributed by atoms with Crippen molar-refractivity contribution < 1.29 is 5.11 Å². The van der Waals surface area contributed by atoms with Crippen molar-refractivity contribution >= 4 is 0 Å². The number of benzene rings is 1. The molecule has 21 heavy (non-hydrogen) atoms. The number of rotatable bonds is 6. The fourth-order valence-corrected chi connectivity index (χ4v) is 3.24. The van der Waals surface area contributed by atoms with Gasteiger partial charge in [-0.15, -0.1) is 0 Å². The molecule has 1 aliphatic rings. The normalized spacial score (nSPS) is 19.1. The molecule has 0 fully saturated rings. The summed E-state index contributed by atoms with van der Waals surface area (Å²) in [5, 5.41) is 13.2. The molecule has 0 spiro atoms. The molecule has 1 atom stereocenters. The molecule has 1 aliphatic heterocycles. The van der Waals surface area contributed by atoms with Crippen LogP contribution in [0, 0.1) is 0 Å². The van der Waals surface area contributed by atoms with Gasteiger partial charge in [-0.1, -0.05) is 38.1 Å². The Labute approximate surface area is 129 Å². The average molecular weight is 290 g/mol. The SMILES string of the molecule is CC(C)NC(C)(CO)CCN1CCc2ccccc2CC1. The topological polar surface area (TPSA) is 35.5 Å². The van der Waals surface area contributed by atoms with Crippen molar-refractivity contribution in [2.75, 3.05) is 26.2 Å². The van der Waals surface area contributed by atoms with Gasteiger partial charge in [0.2, 0.25) is 0 Å². The lowest BCUT2D eigenvalue weighted by Crippen LogP contribution is -2.51. The van der Waals surface area contributed by atoms with Gasteiger partial charge >= 0.3 is 0 Å². The van der Waals surface area contributed by atoms with Crippen molar-refractivity contribution in [2.45, 2.75) is 51.6 Å². The van der Waals surface area contributed by atoms with E-state index in [0.717, 1.165) is 38.9 Å². The number of nitrogens with zero attached hydrogens (tertiary/aromatic N) is 1. The first-order valence-electron chi connectivity index (χ1n) is 8.20. The van der Waals surface area contributed by atoms with Crippen molar-refractivity contribution in [2.24, 2.45) is 0 Å². The molecule has 1 aromatic carbocycles. The zero-order chi connectivity index (χ0) is 15.3. The van der Waals surface area contributed by atoms with Gasteiger partial charge in [-0.25, -0.2) is 0 Å². The minimum absolute atomic E-state index is 0.173. The van der Waals surface area contributed by atoms with Crippen LogP contribution >= 0.6 is 0 Å². The molecule has 1 aromatic rings. The Kier molecular flexibility index (Phi) is 5.80. The van der Waals surface area contributed by atoms with Crippen LogP contribution in [0.25, 0.3) is 0 Å². The van der Waals surface area contributed by atoms with E-state index in [4.69, 9.17) is 0 Å². The molecule has 3 nitrogen and oxygen atoms in total. The first-order chi connectivity index (χ1) is 10.0. The second-order valence-electron chi connectivity index (χ2n) is 6.88. The summed E-state index contributed by atoms with van der Waals surface area (Å²) in [5.41, 5.74) is 2.84. The van der Waals surface area contributed by atoms with Crippen LogP contribution in [0.3, 0.4) is 0 Å². The van der Waals surface area contributed by atoms with Crippen LogP contribution in [0.15, 0.2) is 24.3 Å². The molecule has 2 N–H and O–H groups in total. The third-order valence-electron chi connectivity index (χ3n) is 4.48. The highest BCUT2D eigenvalue weighted by Gasteiger charge is 2.25. The molecule has 3 heteroatoms. The van der Waals surface area contributed by atoms with Gasteiger partial charge in [-0.05, 0) is 43.9 Å². The van der Waals surface area contributed by atoms with Crippen molar-refractivity contribution in [3.05, 3.63) is 35.4 Å². The maximum Gasteiger partial charge on any atom is 0.0611 e. The lowest BCUT2D eigenvalue weighted by atomic mass is 9.97. The minimum atomic E-state index is -0.173. The molecule has 2 rings (SSSR count). The zero-order valence-corrected chi connectivity index (χ0v) is 13.7. The van der Waals surface area contributed by atoms with Gasteiger partial charge in [0, 0.05) is 24.7 Å². The van der Waals surface area contributed by atoms with Gasteiger partial charge in [-0.3, -0.25) is 0 Å². The average Bonchev–Trinajstić information content (AvgIpc) is 2.67. The third kappa shape index (κ3) is 4.80. The van der Waals surface area contributed by atoms with Gasteiger partial charge in [0.05, 0.1) is 6.61 Å². The molecular formula is C18H30N2O. The van der Waals surface area contributed by atoms with E-state index >= 15 is 0 Å². The third-order valence-corrected chi connectivity index (χ3v) is 4.48. The van der Waals surface area contributed by atoms with Gasteiger partial charge in [0.25, 0.3) is 0 Å². The summed E-state index contributed by atoms with van der Waals surface area (Å²) < 4.78 is 0. The molecule has 0 aliphatic carbocycles. The summed E-state index contributed by atoms with van der Waals surface area (Å²) in [6, 6.07) is 9.21. The maximum absolute atomic E-state index is 9.68. The summed E-state index contributed by atoms with van der Waals surface area (Å²) in [7, 11) is 0. The van der Waals surface area contributed by atoms with Crippen LogP contribution in [0.5, 0.6) is 0 Å². The predicted octanol–water partition coefficient (Wildman–Crippen LogP) is 2.23. The number of nitrogens with one attached hydrogen (secondary N) is 1. The number of hydrogen-bond acceptors (Lipinski definition) is 3. The lowest BCUT2D eigenvalue weighted by Gasteiger charge is -2.33. The smallest absolute Gasteiger partial charge is 0.0611 e. The molecule has 0 amide bonds. The predicted molar refractivity (Wildman–Crippen MR) is 88.7 cm³/mol. The Morgan fingerprint density at radius 1 is 1.19 bits per heavy atom. The van der Waals surface area contributed by atoms with Crippen molar-refractivity contribution in [3.63, 3.8) is 0 Å². The van der Waals surface area contributed by atoms with Gasteiger partial charge in [0.1, 0.15) is 0 Å². The maximum atomic E-state index is 9.68. The van der Waals surface area contributed by atoms with E-state index in [0.29, 0.717) is 6.04 Å². The first kappa shape index (κ1) is 16.5. The van der Waals surface area contributed by atoms with E-state index in [1.807, 2.05) is 0 Å². The quantitative estimate of drug-likeness (QED) is 0.843. The van der Waals surface area contributed by atoms with Crippen LogP contribution in [0.4, 0.5) is 0 Å². The summed E-state index contributed by atoms with van der Waals surface area (Å²) in [6.07, 6.45) is 3.27. The van der Waals surface area contributed by atoms with Crippen molar-refractivity contribution in [1.82, 2.24) is 10.2 Å².